The fourth-order valence-electron chi connectivity index (χ4n) is 2.79. The van der Waals surface area contributed by atoms with Gasteiger partial charge in [-0.15, -0.1) is 0 Å². The lowest BCUT2D eigenvalue weighted by atomic mass is 10.0. The van der Waals surface area contributed by atoms with Crippen LogP contribution in [-0.4, -0.2) is 23.6 Å². The third-order valence-electron chi connectivity index (χ3n) is 3.88. The number of carbonyl (C=O) groups is 1. The van der Waals surface area contributed by atoms with Crippen molar-refractivity contribution < 1.29 is 14.3 Å². The number of carbonyl (C=O) groups excluding carboxylic acids is 1. The van der Waals surface area contributed by atoms with Crippen molar-refractivity contribution in [1.29, 1.82) is 0 Å². The van der Waals surface area contributed by atoms with Gasteiger partial charge in [-0.3, -0.25) is 4.79 Å². The molecule has 1 amide bonds. The molecule has 0 aliphatic heterocycles. The minimum absolute atomic E-state index is 0.0666. The molecule has 0 atom stereocenters. The predicted molar refractivity (Wildman–Crippen MR) is 102 cm³/mol. The molecule has 0 aliphatic rings. The Bertz CT molecular complexity index is 951. The highest BCUT2D eigenvalue weighted by molar-refractivity contribution is 5.89. The van der Waals surface area contributed by atoms with E-state index in [0.29, 0.717) is 5.75 Å². The van der Waals surface area contributed by atoms with Gasteiger partial charge in [0.15, 0.2) is 6.61 Å². The largest absolute Gasteiger partial charge is 0.489 e. The Morgan fingerprint density at radius 1 is 1.15 bits per heavy atom. The zero-order valence-electron chi connectivity index (χ0n) is 15.2. The van der Waals surface area contributed by atoms with Crippen molar-refractivity contribution in [2.75, 3.05) is 6.61 Å². The molecule has 134 valence electrons. The molecule has 5 nitrogen and oxygen atoms in total. The third-order valence-corrected chi connectivity index (χ3v) is 3.88. The molecule has 5 heteroatoms. The van der Waals surface area contributed by atoms with E-state index in [2.05, 4.69) is 6.92 Å². The summed E-state index contributed by atoms with van der Waals surface area (Å²) in [5.74, 6) is 0.835. The minimum Gasteiger partial charge on any atom is -0.489 e. The second-order valence-corrected chi connectivity index (χ2v) is 6.43. The second kappa shape index (κ2) is 7.44. The molecule has 0 saturated carbocycles. The van der Waals surface area contributed by atoms with Gasteiger partial charge >= 0.3 is 0 Å². The van der Waals surface area contributed by atoms with E-state index in [-0.39, 0.29) is 12.7 Å². The van der Waals surface area contributed by atoms with Crippen LogP contribution in [0.5, 0.6) is 11.5 Å². The van der Waals surface area contributed by atoms with E-state index in [4.69, 9.17) is 20.2 Å². The number of rotatable bonds is 6. The zero-order valence-corrected chi connectivity index (χ0v) is 15.2. The van der Waals surface area contributed by atoms with Crippen molar-refractivity contribution in [1.82, 2.24) is 4.98 Å². The average molecular weight is 350 g/mol. The summed E-state index contributed by atoms with van der Waals surface area (Å²) in [5.41, 5.74) is 8.80. The highest BCUT2D eigenvalue weighted by Gasteiger charge is 2.11. The third kappa shape index (κ3) is 3.94. The van der Waals surface area contributed by atoms with E-state index in [0.717, 1.165) is 33.5 Å². The number of pyridine rings is 1. The molecule has 3 rings (SSSR count). The van der Waals surface area contributed by atoms with E-state index in [1.54, 1.807) is 6.07 Å². The Labute approximate surface area is 152 Å². The first-order valence-electron chi connectivity index (χ1n) is 8.52. The summed E-state index contributed by atoms with van der Waals surface area (Å²) >= 11 is 0. The SMILES string of the molecule is Cc1cc(-c2cccc(OCC(N)=O)c2)nc2c(OC(C)C)cccc12. The Morgan fingerprint density at radius 2 is 1.92 bits per heavy atom. The molecule has 2 N–H and O–H groups in total. The van der Waals surface area contributed by atoms with Gasteiger partial charge in [0, 0.05) is 10.9 Å². The molecule has 1 aromatic heterocycles. The normalized spacial score (nSPS) is 10.9. The summed E-state index contributed by atoms with van der Waals surface area (Å²) < 4.78 is 11.3. The molecule has 3 aromatic rings. The number of hydrogen-bond donors (Lipinski definition) is 1. The van der Waals surface area contributed by atoms with Crippen LogP contribution in [0.1, 0.15) is 19.4 Å². The lowest BCUT2D eigenvalue weighted by Crippen LogP contribution is -2.19. The maximum Gasteiger partial charge on any atom is 0.255 e. The molecule has 0 fully saturated rings. The smallest absolute Gasteiger partial charge is 0.255 e. The van der Waals surface area contributed by atoms with Gasteiger partial charge in [0.2, 0.25) is 0 Å². The van der Waals surface area contributed by atoms with E-state index >= 15 is 0 Å². The van der Waals surface area contributed by atoms with Crippen molar-refractivity contribution in [2.24, 2.45) is 5.73 Å². The van der Waals surface area contributed by atoms with Gasteiger partial charge in [0.25, 0.3) is 5.91 Å². The van der Waals surface area contributed by atoms with Gasteiger partial charge < -0.3 is 15.2 Å². The highest BCUT2D eigenvalue weighted by atomic mass is 16.5. The van der Waals surface area contributed by atoms with E-state index in [1.807, 2.05) is 56.3 Å². The van der Waals surface area contributed by atoms with Crippen LogP contribution < -0.4 is 15.2 Å². The van der Waals surface area contributed by atoms with Crippen molar-refractivity contribution in [3.63, 3.8) is 0 Å². The van der Waals surface area contributed by atoms with Gasteiger partial charge in [-0.1, -0.05) is 24.3 Å². The molecule has 0 aliphatic carbocycles. The van der Waals surface area contributed by atoms with Crippen LogP contribution >= 0.6 is 0 Å². The van der Waals surface area contributed by atoms with Crippen molar-refractivity contribution in [3.8, 4) is 22.8 Å². The Morgan fingerprint density at radius 3 is 2.65 bits per heavy atom. The van der Waals surface area contributed by atoms with Gasteiger partial charge in [-0.25, -0.2) is 4.98 Å². The van der Waals surface area contributed by atoms with Crippen LogP contribution in [0.25, 0.3) is 22.2 Å². The monoisotopic (exact) mass is 350 g/mol. The molecule has 26 heavy (non-hydrogen) atoms. The number of para-hydroxylation sites is 1. The molecular weight excluding hydrogens is 328 g/mol. The highest BCUT2D eigenvalue weighted by Crippen LogP contribution is 2.31. The number of fused-ring (bicyclic) bond motifs is 1. The molecule has 0 bridgehead atoms. The molecule has 0 radical (unpaired) electrons. The summed E-state index contributed by atoms with van der Waals surface area (Å²) in [4.78, 5) is 15.7. The molecule has 0 spiro atoms. The number of aryl methyl sites for hydroxylation is 1. The molecule has 0 saturated heterocycles. The molecule has 1 heterocycles. The summed E-state index contributed by atoms with van der Waals surface area (Å²) in [5, 5.41) is 1.06. The van der Waals surface area contributed by atoms with Gasteiger partial charge in [0.05, 0.1) is 11.8 Å². The van der Waals surface area contributed by atoms with Gasteiger partial charge in [-0.05, 0) is 50.6 Å². The molecular formula is C21H22N2O3. The number of amides is 1. The number of hydrogen-bond acceptors (Lipinski definition) is 4. The number of nitrogens with two attached hydrogens (primary N) is 1. The Hall–Kier alpha value is -3.08. The second-order valence-electron chi connectivity index (χ2n) is 6.43. The van der Waals surface area contributed by atoms with Crippen molar-refractivity contribution in [2.45, 2.75) is 26.9 Å². The van der Waals surface area contributed by atoms with Crippen LogP contribution in [0.2, 0.25) is 0 Å². The quantitative estimate of drug-likeness (QED) is 0.732. The lowest BCUT2D eigenvalue weighted by Gasteiger charge is -2.14. The number of ether oxygens (including phenoxy) is 2. The number of aromatic nitrogens is 1. The minimum atomic E-state index is -0.509. The van der Waals surface area contributed by atoms with E-state index in [9.17, 15) is 4.79 Å². The Balaban J connectivity index is 2.05. The Kier molecular flexibility index (Phi) is 5.07. The topological polar surface area (TPSA) is 74.4 Å². The van der Waals surface area contributed by atoms with E-state index < -0.39 is 5.91 Å². The van der Waals surface area contributed by atoms with Gasteiger partial charge in [-0.2, -0.15) is 0 Å². The summed E-state index contributed by atoms with van der Waals surface area (Å²) in [6.07, 6.45) is 0.0666. The van der Waals surface area contributed by atoms with Crippen molar-refractivity contribution in [3.05, 3.63) is 54.1 Å². The fraction of sp³-hybridized carbons (Fsp3) is 0.238. The first kappa shape index (κ1) is 17.7. The fourth-order valence-corrected chi connectivity index (χ4v) is 2.79. The van der Waals surface area contributed by atoms with Gasteiger partial charge in [0.1, 0.15) is 17.0 Å². The van der Waals surface area contributed by atoms with Crippen LogP contribution in [0.15, 0.2) is 48.5 Å². The first-order valence-corrected chi connectivity index (χ1v) is 8.52. The summed E-state index contributed by atoms with van der Waals surface area (Å²) in [6.45, 7) is 5.89. The van der Waals surface area contributed by atoms with Crippen LogP contribution in [0, 0.1) is 6.92 Å². The zero-order chi connectivity index (χ0) is 18.7. The van der Waals surface area contributed by atoms with Crippen LogP contribution in [-0.2, 0) is 4.79 Å². The maximum absolute atomic E-state index is 10.9. The number of benzene rings is 2. The summed E-state index contributed by atoms with van der Waals surface area (Å²) in [7, 11) is 0. The van der Waals surface area contributed by atoms with Crippen LogP contribution in [0.3, 0.4) is 0 Å². The average Bonchev–Trinajstić information content (AvgIpc) is 2.60. The number of primary amides is 1. The standard InChI is InChI=1S/C21H22N2O3/c1-13(2)26-19-9-5-8-17-14(3)10-18(23-21(17)19)15-6-4-7-16(11-15)25-12-20(22)24/h4-11,13H,12H2,1-3H3,(H2,22,24). The van der Waals surface area contributed by atoms with Crippen molar-refractivity contribution >= 4 is 16.8 Å². The molecule has 2 aromatic carbocycles. The predicted octanol–water partition coefficient (Wildman–Crippen LogP) is 3.86. The summed E-state index contributed by atoms with van der Waals surface area (Å²) in [6, 6.07) is 15.4. The maximum atomic E-state index is 10.9. The van der Waals surface area contributed by atoms with Crippen LogP contribution in [0.4, 0.5) is 0 Å². The van der Waals surface area contributed by atoms with E-state index in [1.165, 1.54) is 0 Å². The first-order chi connectivity index (χ1) is 12.4. The lowest BCUT2D eigenvalue weighted by molar-refractivity contribution is -0.119. The molecule has 0 unspecified atom stereocenters. The number of nitrogens with zero attached hydrogens (tertiary/aromatic N) is 1.